The van der Waals surface area contributed by atoms with Gasteiger partial charge in [0.2, 0.25) is 0 Å². The van der Waals surface area contributed by atoms with Crippen molar-refractivity contribution in [1.29, 1.82) is 0 Å². The number of anilines is 1. The van der Waals surface area contributed by atoms with Gasteiger partial charge in [-0.05, 0) is 37.3 Å². The summed E-state index contributed by atoms with van der Waals surface area (Å²) in [4.78, 5) is 54.1. The molecule has 1 fully saturated rings. The Balaban J connectivity index is 1.35. The maximum absolute atomic E-state index is 13.3. The molecule has 0 saturated carbocycles. The number of nitrogen functional groups attached to an aromatic ring is 1. The van der Waals surface area contributed by atoms with Gasteiger partial charge in [0.15, 0.2) is 0 Å². The molecule has 1 saturated heterocycles. The lowest BCUT2D eigenvalue weighted by Crippen LogP contribution is -2.56. The predicted octanol–water partition coefficient (Wildman–Crippen LogP) is 2.76. The van der Waals surface area contributed by atoms with Crippen LogP contribution in [0.25, 0.3) is 22.2 Å². The van der Waals surface area contributed by atoms with E-state index in [1.807, 2.05) is 25.1 Å². The quantitative estimate of drug-likeness (QED) is 0.350. The Morgan fingerprint density at radius 1 is 1.03 bits per heavy atom. The number of hydrogen-bond acceptors (Lipinski definition) is 6. The number of nitrogens with one attached hydrogen (secondary N) is 1. The second-order valence-electron chi connectivity index (χ2n) is 8.55. The third-order valence-electron chi connectivity index (χ3n) is 6.30. The minimum absolute atomic E-state index is 0.0790. The fourth-order valence-corrected chi connectivity index (χ4v) is 4.46. The molecular formula is C26H24N6O3. The number of nitrogens with two attached hydrogens (primary N) is 1. The summed E-state index contributed by atoms with van der Waals surface area (Å²) in [5.74, 6) is -0.866. The number of amides is 2. The number of nitrogens with zero attached hydrogens (tertiary/aromatic N) is 4. The van der Waals surface area contributed by atoms with Crippen LogP contribution < -0.4 is 5.73 Å². The number of aromatic nitrogens is 3. The zero-order valence-corrected chi connectivity index (χ0v) is 19.1. The lowest BCUT2D eigenvalue weighted by molar-refractivity contribution is -0.130. The van der Waals surface area contributed by atoms with Crippen LogP contribution in [0.3, 0.4) is 0 Å². The Labute approximate surface area is 201 Å². The van der Waals surface area contributed by atoms with E-state index in [1.54, 1.807) is 58.7 Å². The largest absolute Gasteiger partial charge is 0.384 e. The molecule has 0 spiro atoms. The van der Waals surface area contributed by atoms with E-state index in [-0.39, 0.29) is 24.1 Å². The summed E-state index contributed by atoms with van der Waals surface area (Å²) in [6.45, 7) is 2.86. The number of carbonyl (C=O) groups is 3. The molecular weight excluding hydrogens is 444 g/mol. The molecule has 1 aliphatic heterocycles. The Morgan fingerprint density at radius 2 is 1.83 bits per heavy atom. The van der Waals surface area contributed by atoms with Gasteiger partial charge in [-0.3, -0.25) is 19.4 Å². The molecule has 1 atom stereocenters. The maximum atomic E-state index is 13.3. The number of fused-ring (bicyclic) bond motifs is 1. The topological polar surface area (TPSA) is 125 Å². The molecule has 4 aromatic rings. The molecule has 9 heteroatoms. The summed E-state index contributed by atoms with van der Waals surface area (Å²) in [6.07, 6.45) is 4.75. The van der Waals surface area contributed by atoms with Crippen molar-refractivity contribution in [2.45, 2.75) is 13.0 Å². The smallest absolute Gasteiger partial charge is 0.295 e. The maximum Gasteiger partial charge on any atom is 0.295 e. The van der Waals surface area contributed by atoms with E-state index in [2.05, 4.69) is 15.0 Å². The van der Waals surface area contributed by atoms with Crippen LogP contribution in [-0.2, 0) is 4.79 Å². The standard InChI is InChI=1S/C26H24N6O3/c1-16-15-31(25(34)17-5-3-2-4-6-17)11-12-32(16)26(35)24(33)20-14-30-23-19(20)9-10-28-22(23)18-7-8-21(27)29-13-18/h2-10,13-14,16,30H,11-12,15H2,1H3,(H2,27,29)/t16-/m1/s1. The van der Waals surface area contributed by atoms with E-state index < -0.39 is 11.7 Å². The van der Waals surface area contributed by atoms with Gasteiger partial charge in [0.05, 0.1) is 16.8 Å². The molecule has 0 unspecified atom stereocenters. The van der Waals surface area contributed by atoms with Crippen LogP contribution in [0.5, 0.6) is 0 Å². The van der Waals surface area contributed by atoms with Crippen molar-refractivity contribution in [2.75, 3.05) is 25.4 Å². The van der Waals surface area contributed by atoms with Crippen LogP contribution in [0.15, 0.2) is 67.1 Å². The van der Waals surface area contributed by atoms with Crippen LogP contribution in [0.2, 0.25) is 0 Å². The van der Waals surface area contributed by atoms with Crippen molar-refractivity contribution in [3.8, 4) is 11.3 Å². The first-order chi connectivity index (χ1) is 16.9. The minimum Gasteiger partial charge on any atom is -0.384 e. The van der Waals surface area contributed by atoms with E-state index in [4.69, 9.17) is 5.73 Å². The second kappa shape index (κ2) is 9.02. The molecule has 3 N–H and O–H groups in total. The number of rotatable bonds is 4. The van der Waals surface area contributed by atoms with Gasteiger partial charge in [0.25, 0.3) is 17.6 Å². The van der Waals surface area contributed by atoms with E-state index >= 15 is 0 Å². The predicted molar refractivity (Wildman–Crippen MR) is 132 cm³/mol. The van der Waals surface area contributed by atoms with Crippen molar-refractivity contribution in [3.05, 3.63) is 78.2 Å². The first kappa shape index (κ1) is 22.3. The molecule has 1 aromatic carbocycles. The van der Waals surface area contributed by atoms with Gasteiger partial charge in [-0.2, -0.15) is 0 Å². The van der Waals surface area contributed by atoms with Gasteiger partial charge in [-0.15, -0.1) is 0 Å². The summed E-state index contributed by atoms with van der Waals surface area (Å²) < 4.78 is 0. The van der Waals surface area contributed by atoms with Crippen molar-refractivity contribution in [2.24, 2.45) is 0 Å². The highest BCUT2D eigenvalue weighted by Crippen LogP contribution is 2.28. The average Bonchev–Trinajstić information content (AvgIpc) is 3.33. The zero-order chi connectivity index (χ0) is 24.5. The fourth-order valence-electron chi connectivity index (χ4n) is 4.46. The molecule has 0 bridgehead atoms. The highest BCUT2D eigenvalue weighted by atomic mass is 16.2. The van der Waals surface area contributed by atoms with E-state index in [0.29, 0.717) is 41.1 Å². The van der Waals surface area contributed by atoms with E-state index in [1.165, 1.54) is 0 Å². The highest BCUT2D eigenvalue weighted by Gasteiger charge is 2.34. The van der Waals surface area contributed by atoms with E-state index in [0.717, 1.165) is 5.56 Å². The van der Waals surface area contributed by atoms with Crippen molar-refractivity contribution in [3.63, 3.8) is 0 Å². The molecule has 3 aromatic heterocycles. The summed E-state index contributed by atoms with van der Waals surface area (Å²) in [5.41, 5.74) is 8.57. The second-order valence-corrected chi connectivity index (χ2v) is 8.55. The first-order valence-corrected chi connectivity index (χ1v) is 11.3. The van der Waals surface area contributed by atoms with Crippen LogP contribution >= 0.6 is 0 Å². The van der Waals surface area contributed by atoms with Gasteiger partial charge in [-0.25, -0.2) is 4.98 Å². The highest BCUT2D eigenvalue weighted by molar-refractivity contribution is 6.45. The number of pyridine rings is 2. The SMILES string of the molecule is C[C@@H]1CN(C(=O)c2ccccc2)CCN1C(=O)C(=O)c1c[nH]c2c(-c3ccc(N)nc3)nccc12. The number of carbonyl (C=O) groups excluding carboxylic acids is 3. The number of ketones is 1. The lowest BCUT2D eigenvalue weighted by Gasteiger charge is -2.39. The van der Waals surface area contributed by atoms with Crippen LogP contribution in [-0.4, -0.2) is 68.0 Å². The van der Waals surface area contributed by atoms with Crippen molar-refractivity contribution < 1.29 is 14.4 Å². The normalized spacial score (nSPS) is 15.9. The first-order valence-electron chi connectivity index (χ1n) is 11.3. The molecule has 176 valence electrons. The minimum atomic E-state index is -0.599. The number of benzene rings is 1. The molecule has 4 heterocycles. The van der Waals surface area contributed by atoms with Gasteiger partial charge in [0.1, 0.15) is 5.82 Å². The number of piperazine rings is 1. The molecule has 0 aliphatic carbocycles. The third kappa shape index (κ3) is 4.12. The fraction of sp³-hybridized carbons (Fsp3) is 0.192. The molecule has 1 aliphatic rings. The molecule has 9 nitrogen and oxygen atoms in total. The lowest BCUT2D eigenvalue weighted by atomic mass is 10.0. The van der Waals surface area contributed by atoms with E-state index in [9.17, 15) is 14.4 Å². The molecule has 0 radical (unpaired) electrons. The summed E-state index contributed by atoms with van der Waals surface area (Å²) in [6, 6.07) is 13.9. The van der Waals surface area contributed by atoms with Gasteiger partial charge in [0, 0.05) is 60.8 Å². The average molecular weight is 469 g/mol. The summed E-state index contributed by atoms with van der Waals surface area (Å²) >= 11 is 0. The number of H-pyrrole nitrogens is 1. The number of aromatic amines is 1. The van der Waals surface area contributed by atoms with Crippen molar-refractivity contribution >= 4 is 34.3 Å². The Morgan fingerprint density at radius 3 is 2.54 bits per heavy atom. The van der Waals surface area contributed by atoms with Crippen LogP contribution in [0, 0.1) is 0 Å². The Kier molecular flexibility index (Phi) is 5.74. The molecule has 2 amide bonds. The summed E-state index contributed by atoms with van der Waals surface area (Å²) in [5, 5.41) is 0.607. The summed E-state index contributed by atoms with van der Waals surface area (Å²) in [7, 11) is 0. The van der Waals surface area contributed by atoms with Crippen molar-refractivity contribution in [1.82, 2.24) is 24.8 Å². The van der Waals surface area contributed by atoms with Gasteiger partial charge in [-0.1, -0.05) is 18.2 Å². The molecule has 35 heavy (non-hydrogen) atoms. The zero-order valence-electron chi connectivity index (χ0n) is 19.1. The van der Waals surface area contributed by atoms with Crippen LogP contribution in [0.4, 0.5) is 5.82 Å². The number of Topliss-reactive ketones (excluding diaryl/α,β-unsaturated/α-hetero) is 1. The van der Waals surface area contributed by atoms with Gasteiger partial charge >= 0.3 is 0 Å². The number of hydrogen-bond donors (Lipinski definition) is 2. The van der Waals surface area contributed by atoms with Gasteiger partial charge < -0.3 is 20.5 Å². The monoisotopic (exact) mass is 468 g/mol. The Hall–Kier alpha value is -4.53. The Bertz CT molecular complexity index is 1410. The molecule has 5 rings (SSSR count). The van der Waals surface area contributed by atoms with Crippen LogP contribution in [0.1, 0.15) is 27.6 Å². The third-order valence-corrected chi connectivity index (χ3v) is 6.30.